The predicted molar refractivity (Wildman–Crippen MR) is 109 cm³/mol. The number of para-hydroxylation sites is 1. The average molecular weight is 377 g/mol. The summed E-state index contributed by atoms with van der Waals surface area (Å²) in [7, 11) is 0. The van der Waals surface area contributed by atoms with E-state index in [1.807, 2.05) is 30.5 Å². The molecule has 6 heteroatoms. The lowest BCUT2D eigenvalue weighted by molar-refractivity contribution is -0.121. The van der Waals surface area contributed by atoms with Gasteiger partial charge in [-0.2, -0.15) is 0 Å². The molecule has 0 aliphatic rings. The molecule has 0 atom stereocenters. The molecule has 0 spiro atoms. The molecule has 3 rings (SSSR count). The van der Waals surface area contributed by atoms with Crippen molar-refractivity contribution in [3.8, 4) is 0 Å². The lowest BCUT2D eigenvalue weighted by Gasteiger charge is -2.22. The SMILES string of the molecule is CC(=O)c1cccc(N(CCNC(=O)Cc2c[nH]c3ccccc23)C(C)=O)c1. The molecule has 0 radical (unpaired) electrons. The van der Waals surface area contributed by atoms with Crippen molar-refractivity contribution in [3.05, 3.63) is 65.9 Å². The number of carbonyl (C=O) groups excluding carboxylic acids is 3. The van der Waals surface area contributed by atoms with E-state index in [2.05, 4.69) is 10.3 Å². The Bertz CT molecular complexity index is 1020. The van der Waals surface area contributed by atoms with Gasteiger partial charge in [0, 0.05) is 48.4 Å². The summed E-state index contributed by atoms with van der Waals surface area (Å²) in [5.41, 5.74) is 3.13. The maximum atomic E-state index is 12.3. The van der Waals surface area contributed by atoms with Crippen LogP contribution in [-0.2, 0) is 16.0 Å². The zero-order valence-electron chi connectivity index (χ0n) is 16.0. The second-order valence-electron chi connectivity index (χ2n) is 6.66. The van der Waals surface area contributed by atoms with Gasteiger partial charge in [0.15, 0.2) is 5.78 Å². The normalized spacial score (nSPS) is 10.6. The molecule has 1 heterocycles. The third-order valence-corrected chi connectivity index (χ3v) is 4.63. The Labute approximate surface area is 163 Å². The molecular formula is C22H23N3O3. The molecule has 0 fully saturated rings. The van der Waals surface area contributed by atoms with Crippen molar-refractivity contribution in [1.29, 1.82) is 0 Å². The van der Waals surface area contributed by atoms with Crippen LogP contribution in [0.3, 0.4) is 0 Å². The minimum atomic E-state index is -0.147. The highest BCUT2D eigenvalue weighted by Gasteiger charge is 2.14. The monoisotopic (exact) mass is 377 g/mol. The van der Waals surface area contributed by atoms with E-state index in [4.69, 9.17) is 0 Å². The molecule has 6 nitrogen and oxygen atoms in total. The second kappa shape index (κ2) is 8.52. The molecule has 0 unspecified atom stereocenters. The third-order valence-electron chi connectivity index (χ3n) is 4.63. The van der Waals surface area contributed by atoms with Crippen molar-refractivity contribution < 1.29 is 14.4 Å². The summed E-state index contributed by atoms with van der Waals surface area (Å²) >= 11 is 0. The maximum Gasteiger partial charge on any atom is 0.224 e. The van der Waals surface area contributed by atoms with E-state index in [-0.39, 0.29) is 24.0 Å². The Morgan fingerprint density at radius 1 is 1.04 bits per heavy atom. The summed E-state index contributed by atoms with van der Waals surface area (Å²) < 4.78 is 0. The smallest absolute Gasteiger partial charge is 0.224 e. The van der Waals surface area contributed by atoms with Gasteiger partial charge in [0.05, 0.1) is 6.42 Å². The Morgan fingerprint density at radius 3 is 2.57 bits per heavy atom. The molecule has 144 valence electrons. The molecule has 0 bridgehead atoms. The van der Waals surface area contributed by atoms with Crippen LogP contribution in [0.15, 0.2) is 54.7 Å². The number of anilines is 1. The molecule has 3 aromatic rings. The number of ketones is 1. The maximum absolute atomic E-state index is 12.3. The van der Waals surface area contributed by atoms with Crippen LogP contribution in [0, 0.1) is 0 Å². The van der Waals surface area contributed by atoms with Crippen LogP contribution in [0.25, 0.3) is 10.9 Å². The number of nitrogens with one attached hydrogen (secondary N) is 2. The minimum Gasteiger partial charge on any atom is -0.361 e. The molecule has 2 aromatic carbocycles. The van der Waals surface area contributed by atoms with Crippen LogP contribution in [0.2, 0.25) is 0 Å². The number of Topliss-reactive ketones (excluding diaryl/α,β-unsaturated/α-hetero) is 1. The predicted octanol–water partition coefficient (Wildman–Crippen LogP) is 3.08. The number of amides is 2. The van der Waals surface area contributed by atoms with Crippen LogP contribution in [0.1, 0.15) is 29.8 Å². The van der Waals surface area contributed by atoms with E-state index < -0.39 is 0 Å². The molecule has 2 amide bonds. The van der Waals surface area contributed by atoms with E-state index in [1.54, 1.807) is 29.2 Å². The summed E-state index contributed by atoms with van der Waals surface area (Å²) in [6.45, 7) is 3.61. The van der Waals surface area contributed by atoms with Gasteiger partial charge in [-0.1, -0.05) is 30.3 Å². The van der Waals surface area contributed by atoms with Crippen LogP contribution in [0.5, 0.6) is 0 Å². The van der Waals surface area contributed by atoms with E-state index in [1.165, 1.54) is 13.8 Å². The Kier molecular flexibility index (Phi) is 5.89. The van der Waals surface area contributed by atoms with Crippen LogP contribution >= 0.6 is 0 Å². The third kappa shape index (κ3) is 4.46. The fraction of sp³-hybridized carbons (Fsp3) is 0.227. The number of H-pyrrole nitrogens is 1. The Hall–Kier alpha value is -3.41. The molecule has 28 heavy (non-hydrogen) atoms. The molecule has 0 saturated carbocycles. The van der Waals surface area contributed by atoms with E-state index in [9.17, 15) is 14.4 Å². The second-order valence-corrected chi connectivity index (χ2v) is 6.66. The zero-order valence-corrected chi connectivity index (χ0v) is 16.0. The quantitative estimate of drug-likeness (QED) is 0.621. The van der Waals surface area contributed by atoms with Gasteiger partial charge in [0.1, 0.15) is 0 Å². The van der Waals surface area contributed by atoms with E-state index in [0.29, 0.717) is 24.3 Å². The van der Waals surface area contributed by atoms with E-state index in [0.717, 1.165) is 16.5 Å². The summed E-state index contributed by atoms with van der Waals surface area (Å²) in [6, 6.07) is 14.8. The first-order chi connectivity index (χ1) is 13.5. The molecule has 2 N–H and O–H groups in total. The highest BCUT2D eigenvalue weighted by molar-refractivity contribution is 5.97. The number of benzene rings is 2. The number of fused-ring (bicyclic) bond motifs is 1. The molecule has 0 aliphatic carbocycles. The fourth-order valence-corrected chi connectivity index (χ4v) is 3.18. The number of hydrogen-bond acceptors (Lipinski definition) is 3. The van der Waals surface area contributed by atoms with Gasteiger partial charge in [0.2, 0.25) is 11.8 Å². The van der Waals surface area contributed by atoms with Crippen LogP contribution in [0.4, 0.5) is 5.69 Å². The lowest BCUT2D eigenvalue weighted by atomic mass is 10.1. The number of aromatic nitrogens is 1. The molecular weight excluding hydrogens is 354 g/mol. The lowest BCUT2D eigenvalue weighted by Crippen LogP contribution is -2.38. The first kappa shape index (κ1) is 19.4. The van der Waals surface area contributed by atoms with E-state index >= 15 is 0 Å². The van der Waals surface area contributed by atoms with Crippen molar-refractivity contribution in [2.75, 3.05) is 18.0 Å². The number of rotatable bonds is 7. The largest absolute Gasteiger partial charge is 0.361 e. The van der Waals surface area contributed by atoms with Gasteiger partial charge >= 0.3 is 0 Å². The first-order valence-electron chi connectivity index (χ1n) is 9.16. The standard InChI is InChI=1S/C22H23N3O3/c1-15(26)17-6-5-7-19(12-17)25(16(2)27)11-10-23-22(28)13-18-14-24-21-9-4-3-8-20(18)21/h3-9,12,14,24H,10-11,13H2,1-2H3,(H,23,28). The number of carbonyl (C=O) groups is 3. The fourth-order valence-electron chi connectivity index (χ4n) is 3.18. The summed E-state index contributed by atoms with van der Waals surface area (Å²) in [6.07, 6.45) is 2.11. The Morgan fingerprint density at radius 2 is 1.82 bits per heavy atom. The Balaban J connectivity index is 1.60. The van der Waals surface area contributed by atoms with Crippen molar-refractivity contribution in [2.45, 2.75) is 20.3 Å². The molecule has 1 aromatic heterocycles. The highest BCUT2D eigenvalue weighted by atomic mass is 16.2. The van der Waals surface area contributed by atoms with Crippen molar-refractivity contribution in [3.63, 3.8) is 0 Å². The average Bonchev–Trinajstić information content (AvgIpc) is 3.08. The van der Waals surface area contributed by atoms with Gasteiger partial charge in [-0.15, -0.1) is 0 Å². The van der Waals surface area contributed by atoms with Crippen molar-refractivity contribution in [1.82, 2.24) is 10.3 Å². The van der Waals surface area contributed by atoms with Crippen LogP contribution in [-0.4, -0.2) is 35.7 Å². The first-order valence-corrected chi connectivity index (χ1v) is 9.16. The zero-order chi connectivity index (χ0) is 20.1. The number of nitrogens with zero attached hydrogens (tertiary/aromatic N) is 1. The van der Waals surface area contributed by atoms with Crippen LogP contribution < -0.4 is 10.2 Å². The summed E-state index contributed by atoms with van der Waals surface area (Å²) in [5.74, 6) is -0.310. The topological polar surface area (TPSA) is 82.3 Å². The minimum absolute atomic E-state index is 0.0580. The number of aromatic amines is 1. The summed E-state index contributed by atoms with van der Waals surface area (Å²) in [5, 5.41) is 3.90. The van der Waals surface area contributed by atoms with Gasteiger partial charge < -0.3 is 15.2 Å². The van der Waals surface area contributed by atoms with Crippen molar-refractivity contribution >= 4 is 34.2 Å². The molecule has 0 saturated heterocycles. The number of hydrogen-bond donors (Lipinski definition) is 2. The summed E-state index contributed by atoms with van der Waals surface area (Å²) in [4.78, 5) is 40.6. The van der Waals surface area contributed by atoms with Crippen molar-refractivity contribution in [2.24, 2.45) is 0 Å². The van der Waals surface area contributed by atoms with Gasteiger partial charge in [-0.3, -0.25) is 14.4 Å². The molecule has 0 aliphatic heterocycles. The van der Waals surface area contributed by atoms with Gasteiger partial charge in [0.25, 0.3) is 0 Å². The van der Waals surface area contributed by atoms with Gasteiger partial charge in [-0.05, 0) is 30.7 Å². The highest BCUT2D eigenvalue weighted by Crippen LogP contribution is 2.18. The van der Waals surface area contributed by atoms with Gasteiger partial charge in [-0.25, -0.2) is 0 Å².